The number of sulfonamides is 1. The van der Waals surface area contributed by atoms with Crippen LogP contribution >= 0.6 is 31.9 Å². The van der Waals surface area contributed by atoms with Gasteiger partial charge in [-0.1, -0.05) is 31.9 Å². The van der Waals surface area contributed by atoms with E-state index >= 15 is 0 Å². The molecule has 1 saturated carbocycles. The minimum absolute atomic E-state index is 0.239. The SMILES string of the molecule is CS(=O)(=O)N1C[C@@H]2C[C@H](Br)[C@@H](Br)C[C@H]21. The largest absolute Gasteiger partial charge is 0.212 e. The van der Waals surface area contributed by atoms with Gasteiger partial charge in [-0.2, -0.15) is 4.31 Å². The number of rotatable bonds is 1. The van der Waals surface area contributed by atoms with Gasteiger partial charge in [-0.25, -0.2) is 8.42 Å². The lowest BCUT2D eigenvalue weighted by Crippen LogP contribution is -2.62. The molecule has 3 nitrogen and oxygen atoms in total. The van der Waals surface area contributed by atoms with Gasteiger partial charge in [0.2, 0.25) is 10.0 Å². The Morgan fingerprint density at radius 3 is 2.36 bits per heavy atom. The van der Waals surface area contributed by atoms with Crippen molar-refractivity contribution in [2.24, 2.45) is 5.92 Å². The molecule has 14 heavy (non-hydrogen) atoms. The van der Waals surface area contributed by atoms with Crippen LogP contribution in [0.4, 0.5) is 0 Å². The van der Waals surface area contributed by atoms with Gasteiger partial charge >= 0.3 is 0 Å². The van der Waals surface area contributed by atoms with Gasteiger partial charge in [0.25, 0.3) is 0 Å². The van der Waals surface area contributed by atoms with Crippen LogP contribution in [0.1, 0.15) is 12.8 Å². The molecule has 0 amide bonds. The number of halogens is 2. The number of hydrogen-bond donors (Lipinski definition) is 0. The highest BCUT2D eigenvalue weighted by molar-refractivity contribution is 9.12. The topological polar surface area (TPSA) is 37.4 Å². The standard InChI is InChI=1S/C8H13Br2NO2S/c1-14(12,13)11-4-5-2-6(9)7(10)3-8(5)11/h5-8H,2-4H2,1H3/t5-,6-,7-,8+/m0/s1. The highest BCUT2D eigenvalue weighted by Crippen LogP contribution is 2.43. The van der Waals surface area contributed by atoms with E-state index in [9.17, 15) is 8.42 Å². The lowest BCUT2D eigenvalue weighted by molar-refractivity contribution is 0.0675. The van der Waals surface area contributed by atoms with Gasteiger partial charge < -0.3 is 0 Å². The molecule has 1 saturated heterocycles. The van der Waals surface area contributed by atoms with Crippen molar-refractivity contribution in [3.05, 3.63) is 0 Å². The van der Waals surface area contributed by atoms with E-state index in [0.29, 0.717) is 22.1 Å². The molecule has 0 spiro atoms. The van der Waals surface area contributed by atoms with E-state index in [1.807, 2.05) is 0 Å². The fourth-order valence-corrected chi connectivity index (χ4v) is 4.83. The molecule has 0 aromatic heterocycles. The van der Waals surface area contributed by atoms with Crippen molar-refractivity contribution < 1.29 is 8.42 Å². The highest BCUT2D eigenvalue weighted by atomic mass is 79.9. The van der Waals surface area contributed by atoms with E-state index in [0.717, 1.165) is 12.8 Å². The molecule has 0 radical (unpaired) electrons. The number of nitrogens with zero attached hydrogens (tertiary/aromatic N) is 1. The zero-order valence-corrected chi connectivity index (χ0v) is 11.8. The molecular formula is C8H13Br2NO2S. The third kappa shape index (κ3) is 1.90. The molecule has 6 heteroatoms. The number of fused-ring (bicyclic) bond motifs is 1. The van der Waals surface area contributed by atoms with Gasteiger partial charge in [0.15, 0.2) is 0 Å². The Morgan fingerprint density at radius 2 is 1.79 bits per heavy atom. The summed E-state index contributed by atoms with van der Waals surface area (Å²) in [5.74, 6) is 0.558. The van der Waals surface area contributed by atoms with E-state index in [-0.39, 0.29) is 6.04 Å². The molecule has 0 aromatic rings. The van der Waals surface area contributed by atoms with Crippen LogP contribution in [0.25, 0.3) is 0 Å². The second-order valence-corrected chi connectivity index (χ2v) is 8.45. The van der Waals surface area contributed by atoms with Crippen LogP contribution in [0.3, 0.4) is 0 Å². The Hall–Kier alpha value is 0.870. The molecule has 2 aliphatic rings. The lowest BCUT2D eigenvalue weighted by Gasteiger charge is -2.51. The average Bonchev–Trinajstić information content (AvgIpc) is 2.01. The zero-order valence-electron chi connectivity index (χ0n) is 7.86. The van der Waals surface area contributed by atoms with Crippen LogP contribution in [0.15, 0.2) is 0 Å². The molecule has 2 fully saturated rings. The van der Waals surface area contributed by atoms with Crippen LogP contribution in [-0.2, 0) is 10.0 Å². The van der Waals surface area contributed by atoms with Crippen LogP contribution in [-0.4, -0.2) is 41.2 Å². The molecule has 0 bridgehead atoms. The molecule has 1 aliphatic heterocycles. The molecule has 4 atom stereocenters. The zero-order chi connectivity index (χ0) is 10.5. The van der Waals surface area contributed by atoms with E-state index in [1.165, 1.54) is 6.26 Å². The summed E-state index contributed by atoms with van der Waals surface area (Å²) in [5, 5.41) is 0. The molecule has 2 rings (SSSR count). The summed E-state index contributed by atoms with van der Waals surface area (Å²) in [6.45, 7) is 0.714. The normalized spacial score (nSPS) is 44.2. The third-order valence-corrected chi connectivity index (χ3v) is 7.15. The minimum atomic E-state index is -2.98. The van der Waals surface area contributed by atoms with Gasteiger partial charge in [-0.3, -0.25) is 0 Å². The van der Waals surface area contributed by atoms with E-state index in [4.69, 9.17) is 0 Å². The van der Waals surface area contributed by atoms with Crippen LogP contribution in [0, 0.1) is 5.92 Å². The van der Waals surface area contributed by atoms with Crippen LogP contribution in [0.5, 0.6) is 0 Å². The Balaban J connectivity index is 2.07. The maximum atomic E-state index is 11.4. The Labute approximate surface area is 102 Å². The second kappa shape index (κ2) is 3.71. The molecule has 0 N–H and O–H groups in total. The van der Waals surface area contributed by atoms with Gasteiger partial charge in [0.1, 0.15) is 0 Å². The summed E-state index contributed by atoms with van der Waals surface area (Å²) in [4.78, 5) is 0.888. The van der Waals surface area contributed by atoms with Gasteiger partial charge in [-0.15, -0.1) is 0 Å². The second-order valence-electron chi connectivity index (χ2n) is 4.16. The summed E-state index contributed by atoms with van der Waals surface area (Å²) >= 11 is 7.19. The van der Waals surface area contributed by atoms with Crippen molar-refractivity contribution in [2.75, 3.05) is 12.8 Å². The van der Waals surface area contributed by atoms with Gasteiger partial charge in [-0.05, 0) is 18.8 Å². The molecule has 0 unspecified atom stereocenters. The number of hydrogen-bond acceptors (Lipinski definition) is 2. The lowest BCUT2D eigenvalue weighted by atomic mass is 9.79. The minimum Gasteiger partial charge on any atom is -0.212 e. The van der Waals surface area contributed by atoms with Crippen molar-refractivity contribution in [1.82, 2.24) is 4.31 Å². The third-order valence-electron chi connectivity index (χ3n) is 3.14. The van der Waals surface area contributed by atoms with Crippen molar-refractivity contribution in [3.8, 4) is 0 Å². The summed E-state index contributed by atoms with van der Waals surface area (Å²) in [5.41, 5.74) is 0. The first-order valence-corrected chi connectivity index (χ1v) is 8.32. The molecule has 82 valence electrons. The summed E-state index contributed by atoms with van der Waals surface area (Å²) < 4.78 is 24.3. The summed E-state index contributed by atoms with van der Waals surface area (Å²) in [6, 6.07) is 0.239. The summed E-state index contributed by atoms with van der Waals surface area (Å²) in [6.07, 6.45) is 3.30. The first-order valence-electron chi connectivity index (χ1n) is 4.64. The summed E-state index contributed by atoms with van der Waals surface area (Å²) in [7, 11) is -2.98. The van der Waals surface area contributed by atoms with Crippen molar-refractivity contribution in [1.29, 1.82) is 0 Å². The van der Waals surface area contributed by atoms with E-state index in [2.05, 4.69) is 31.9 Å². The van der Waals surface area contributed by atoms with Crippen molar-refractivity contribution in [3.63, 3.8) is 0 Å². The van der Waals surface area contributed by atoms with Gasteiger partial charge in [0, 0.05) is 22.2 Å². The molecule has 1 heterocycles. The number of alkyl halides is 2. The Bertz CT molecular complexity index is 332. The van der Waals surface area contributed by atoms with Gasteiger partial charge in [0.05, 0.1) is 6.26 Å². The quantitative estimate of drug-likeness (QED) is 0.676. The maximum absolute atomic E-state index is 11.4. The molecule has 0 aromatic carbocycles. The van der Waals surface area contributed by atoms with E-state index < -0.39 is 10.0 Å². The van der Waals surface area contributed by atoms with E-state index in [1.54, 1.807) is 4.31 Å². The molecular weight excluding hydrogens is 334 g/mol. The van der Waals surface area contributed by atoms with Crippen LogP contribution in [0.2, 0.25) is 0 Å². The monoisotopic (exact) mass is 345 g/mol. The smallest absolute Gasteiger partial charge is 0.211 e. The highest BCUT2D eigenvalue weighted by Gasteiger charge is 2.48. The first kappa shape index (κ1) is 11.4. The first-order chi connectivity index (χ1) is 6.39. The van der Waals surface area contributed by atoms with Crippen molar-refractivity contribution in [2.45, 2.75) is 28.5 Å². The fraction of sp³-hybridized carbons (Fsp3) is 1.00. The average molecular weight is 347 g/mol. The van der Waals surface area contributed by atoms with Crippen molar-refractivity contribution >= 4 is 41.9 Å². The molecule has 1 aliphatic carbocycles. The van der Waals surface area contributed by atoms with Crippen LogP contribution < -0.4 is 0 Å². The Kier molecular flexibility index (Phi) is 3.01. The predicted octanol–water partition coefficient (Wildman–Crippen LogP) is 1.57. The Morgan fingerprint density at radius 1 is 1.21 bits per heavy atom. The fourth-order valence-electron chi connectivity index (χ4n) is 2.32. The maximum Gasteiger partial charge on any atom is 0.211 e. The predicted molar refractivity (Wildman–Crippen MR) is 63.5 cm³/mol.